The van der Waals surface area contributed by atoms with Crippen molar-refractivity contribution in [3.63, 3.8) is 0 Å². The van der Waals surface area contributed by atoms with Crippen LogP contribution >= 0.6 is 0 Å². The van der Waals surface area contributed by atoms with Gasteiger partial charge in [0.05, 0.1) is 34.0 Å². The fraction of sp³-hybridized carbons (Fsp3) is 0.250. The van der Waals surface area contributed by atoms with Gasteiger partial charge in [0, 0.05) is 5.69 Å². The van der Waals surface area contributed by atoms with E-state index >= 15 is 0 Å². The number of hydrogen-bond donors (Lipinski definition) is 1. The number of carbonyl (C=O) groups excluding carboxylic acids is 1. The minimum Gasteiger partial charge on any atom is -0.497 e. The van der Waals surface area contributed by atoms with E-state index in [-0.39, 0.29) is 0 Å². The molecule has 6 heteroatoms. The molecule has 0 spiro atoms. The van der Waals surface area contributed by atoms with Gasteiger partial charge in [-0.1, -0.05) is 11.8 Å². The summed E-state index contributed by atoms with van der Waals surface area (Å²) in [6, 6.07) is 11.6. The van der Waals surface area contributed by atoms with Crippen LogP contribution in [0.5, 0.6) is 17.2 Å². The van der Waals surface area contributed by atoms with Gasteiger partial charge in [0.1, 0.15) is 17.2 Å². The summed E-state index contributed by atoms with van der Waals surface area (Å²) in [5.74, 6) is 7.31. The fourth-order valence-corrected chi connectivity index (χ4v) is 2.19. The Balaban J connectivity index is 2.29. The first-order valence-electron chi connectivity index (χ1n) is 7.83. The van der Waals surface area contributed by atoms with Crippen LogP contribution in [0.15, 0.2) is 42.5 Å². The van der Waals surface area contributed by atoms with Crippen molar-refractivity contribution in [3.8, 4) is 29.1 Å². The van der Waals surface area contributed by atoms with Gasteiger partial charge in [0.2, 0.25) is 0 Å². The number of carbonyl (C=O) groups is 1. The highest BCUT2D eigenvalue weighted by Gasteiger charge is 2.16. The van der Waals surface area contributed by atoms with E-state index in [1.165, 1.54) is 7.11 Å². The highest BCUT2D eigenvalue weighted by Crippen LogP contribution is 2.23. The molecule has 0 bridgehead atoms. The van der Waals surface area contributed by atoms with Crippen molar-refractivity contribution in [2.75, 3.05) is 33.8 Å². The molecule has 0 fully saturated rings. The van der Waals surface area contributed by atoms with Gasteiger partial charge in [-0.15, -0.1) is 0 Å². The van der Waals surface area contributed by atoms with Gasteiger partial charge in [-0.25, -0.2) is 4.79 Å². The number of anilines is 1. The minimum absolute atomic E-state index is 0.491. The van der Waals surface area contributed by atoms with Crippen molar-refractivity contribution >= 4 is 11.7 Å². The van der Waals surface area contributed by atoms with Crippen molar-refractivity contribution in [3.05, 3.63) is 48.0 Å². The lowest BCUT2D eigenvalue weighted by atomic mass is 10.1. The topological polar surface area (TPSA) is 66.0 Å². The second-order valence-electron chi connectivity index (χ2n) is 5.16. The molecule has 0 amide bonds. The maximum absolute atomic E-state index is 12.1. The largest absolute Gasteiger partial charge is 0.497 e. The number of nitrogens with one attached hydrogen (secondary N) is 1. The van der Waals surface area contributed by atoms with Crippen LogP contribution in [-0.4, -0.2) is 40.5 Å². The zero-order chi connectivity index (χ0) is 18.9. The standard InChI is InChI=1S/C20H21NO5/c1-23-16-8-6-15(7-9-16)21-18(20(22)26-4)11-5-14-13-17(24-2)10-12-19(14)25-3/h6-10,12-13,18,21H,1-4H3/t18-/m1/s1. The molecule has 0 saturated carbocycles. The quantitative estimate of drug-likeness (QED) is 0.635. The summed E-state index contributed by atoms with van der Waals surface area (Å²) in [5, 5.41) is 3.04. The monoisotopic (exact) mass is 355 g/mol. The number of esters is 1. The van der Waals surface area contributed by atoms with Crippen LogP contribution in [0.3, 0.4) is 0 Å². The third-order valence-corrected chi connectivity index (χ3v) is 3.60. The Morgan fingerprint density at radius 1 is 0.923 bits per heavy atom. The lowest BCUT2D eigenvalue weighted by molar-refractivity contribution is -0.140. The zero-order valence-corrected chi connectivity index (χ0v) is 15.2. The summed E-state index contributed by atoms with van der Waals surface area (Å²) in [6.07, 6.45) is 0. The Bertz CT molecular complexity index is 805. The SMILES string of the molecule is COC(=O)[C@@H](C#Cc1cc(OC)ccc1OC)Nc1ccc(OC)cc1. The molecule has 2 aromatic rings. The summed E-state index contributed by atoms with van der Waals surface area (Å²) < 4.78 is 20.5. The van der Waals surface area contributed by atoms with E-state index in [1.54, 1.807) is 63.8 Å². The van der Waals surface area contributed by atoms with Crippen molar-refractivity contribution in [1.29, 1.82) is 0 Å². The average Bonchev–Trinajstić information content (AvgIpc) is 2.70. The van der Waals surface area contributed by atoms with Gasteiger partial charge < -0.3 is 24.3 Å². The van der Waals surface area contributed by atoms with Crippen molar-refractivity contribution in [2.24, 2.45) is 0 Å². The molecule has 136 valence electrons. The summed E-state index contributed by atoms with van der Waals surface area (Å²) in [4.78, 5) is 12.1. The lowest BCUT2D eigenvalue weighted by Crippen LogP contribution is -2.29. The number of hydrogen-bond acceptors (Lipinski definition) is 6. The molecule has 2 rings (SSSR count). The predicted molar refractivity (Wildman–Crippen MR) is 98.8 cm³/mol. The number of rotatable bonds is 6. The second kappa shape index (κ2) is 9.23. The molecule has 1 N–H and O–H groups in total. The molecule has 0 aliphatic rings. The van der Waals surface area contributed by atoms with Crippen LogP contribution in [0.25, 0.3) is 0 Å². The molecular weight excluding hydrogens is 334 g/mol. The minimum atomic E-state index is -0.843. The Hall–Kier alpha value is -3.33. The maximum atomic E-state index is 12.1. The number of methoxy groups -OCH3 is 4. The third-order valence-electron chi connectivity index (χ3n) is 3.60. The molecule has 6 nitrogen and oxygen atoms in total. The van der Waals surface area contributed by atoms with E-state index in [2.05, 4.69) is 17.2 Å². The molecule has 0 aliphatic heterocycles. The number of ether oxygens (including phenoxy) is 4. The van der Waals surface area contributed by atoms with Gasteiger partial charge in [-0.2, -0.15) is 0 Å². The van der Waals surface area contributed by atoms with Crippen LogP contribution in [0.4, 0.5) is 5.69 Å². The molecule has 0 saturated heterocycles. The Morgan fingerprint density at radius 2 is 1.58 bits per heavy atom. The van der Waals surface area contributed by atoms with E-state index in [0.29, 0.717) is 22.7 Å². The molecule has 0 radical (unpaired) electrons. The van der Waals surface area contributed by atoms with Crippen molar-refractivity contribution in [1.82, 2.24) is 0 Å². The smallest absolute Gasteiger partial charge is 0.341 e. The highest BCUT2D eigenvalue weighted by molar-refractivity contribution is 5.83. The Morgan fingerprint density at radius 3 is 2.15 bits per heavy atom. The average molecular weight is 355 g/mol. The van der Waals surface area contributed by atoms with Crippen molar-refractivity contribution in [2.45, 2.75) is 6.04 Å². The van der Waals surface area contributed by atoms with E-state index < -0.39 is 12.0 Å². The van der Waals surface area contributed by atoms with Gasteiger partial charge in [-0.3, -0.25) is 0 Å². The van der Waals surface area contributed by atoms with Crippen LogP contribution in [0.1, 0.15) is 5.56 Å². The highest BCUT2D eigenvalue weighted by atomic mass is 16.5. The third kappa shape index (κ3) is 4.84. The predicted octanol–water partition coefficient (Wildman–Crippen LogP) is 2.72. The first kappa shape index (κ1) is 19.0. The Labute approximate surface area is 153 Å². The van der Waals surface area contributed by atoms with Crippen LogP contribution < -0.4 is 19.5 Å². The molecule has 1 atom stereocenters. The molecule has 0 aliphatic carbocycles. The van der Waals surface area contributed by atoms with Gasteiger partial charge in [0.25, 0.3) is 0 Å². The number of benzene rings is 2. The van der Waals surface area contributed by atoms with E-state index in [4.69, 9.17) is 18.9 Å². The van der Waals surface area contributed by atoms with E-state index in [9.17, 15) is 4.79 Å². The van der Waals surface area contributed by atoms with Crippen LogP contribution in [0.2, 0.25) is 0 Å². The first-order chi connectivity index (χ1) is 12.6. The van der Waals surface area contributed by atoms with E-state index in [1.807, 2.05) is 0 Å². The molecular formula is C20H21NO5. The molecule has 26 heavy (non-hydrogen) atoms. The molecule has 0 unspecified atom stereocenters. The normalized spacial score (nSPS) is 10.8. The van der Waals surface area contributed by atoms with Gasteiger partial charge >= 0.3 is 5.97 Å². The summed E-state index contributed by atoms with van der Waals surface area (Å²) in [6.45, 7) is 0. The van der Waals surface area contributed by atoms with Gasteiger partial charge in [0.15, 0.2) is 6.04 Å². The maximum Gasteiger partial charge on any atom is 0.341 e. The zero-order valence-electron chi connectivity index (χ0n) is 15.2. The molecule has 0 heterocycles. The summed E-state index contributed by atoms with van der Waals surface area (Å²) in [5.41, 5.74) is 1.32. The first-order valence-corrected chi connectivity index (χ1v) is 7.83. The summed E-state index contributed by atoms with van der Waals surface area (Å²) in [7, 11) is 6.04. The molecule has 0 aromatic heterocycles. The molecule has 2 aromatic carbocycles. The summed E-state index contributed by atoms with van der Waals surface area (Å²) >= 11 is 0. The second-order valence-corrected chi connectivity index (χ2v) is 5.16. The van der Waals surface area contributed by atoms with Crippen LogP contribution in [0, 0.1) is 11.8 Å². The Kier molecular flexibility index (Phi) is 6.75. The van der Waals surface area contributed by atoms with Crippen LogP contribution in [-0.2, 0) is 9.53 Å². The van der Waals surface area contributed by atoms with Gasteiger partial charge in [-0.05, 0) is 42.5 Å². The fourth-order valence-electron chi connectivity index (χ4n) is 2.19. The lowest BCUT2D eigenvalue weighted by Gasteiger charge is -2.13. The van der Waals surface area contributed by atoms with E-state index in [0.717, 1.165) is 5.75 Å². The van der Waals surface area contributed by atoms with Crippen molar-refractivity contribution < 1.29 is 23.7 Å².